The number of carbonyl (C=O) groups excluding carboxylic acids is 6. The van der Waals surface area contributed by atoms with Gasteiger partial charge < -0.3 is 64.2 Å². The Kier molecular flexibility index (Phi) is 11.3. The van der Waals surface area contributed by atoms with E-state index in [-0.39, 0.29) is 17.5 Å². The minimum atomic E-state index is -2.94. The topological polar surface area (TPSA) is 299 Å². The van der Waals surface area contributed by atoms with Gasteiger partial charge in [0.1, 0.15) is 39.3 Å². The summed E-state index contributed by atoms with van der Waals surface area (Å²) in [6.07, 6.45) is -16.8. The van der Waals surface area contributed by atoms with Gasteiger partial charge in [0.05, 0.1) is 62.8 Å². The Balaban J connectivity index is 1.35. The van der Waals surface area contributed by atoms with Gasteiger partial charge >= 0.3 is 11.9 Å². The smallest absolute Gasteiger partial charge is 0.337 e. The number of thioether (sulfide) groups is 1. The fourth-order valence-corrected chi connectivity index (χ4v) is 11.7. The van der Waals surface area contributed by atoms with Gasteiger partial charge in [-0.3, -0.25) is 24.0 Å². The molecule has 20 heteroatoms. The second kappa shape index (κ2) is 15.5. The van der Waals surface area contributed by atoms with Crippen LogP contribution in [-0.2, 0) is 38.0 Å². The van der Waals surface area contributed by atoms with Crippen LogP contribution in [0, 0.1) is 0 Å². The first kappa shape index (κ1) is 43.7. The van der Waals surface area contributed by atoms with Crippen LogP contribution in [0.5, 0.6) is 11.5 Å². The maximum atomic E-state index is 15.3. The number of rotatable bonds is 9. The van der Waals surface area contributed by atoms with E-state index in [1.165, 1.54) is 38.1 Å². The standard InChI is InChI=1S/C40H44O19S/c1-16-39(52)33(49)25-20(7-5-9-22(25)41)31(47)37(39,14-18(57-16)11-12-56-36-29(46)27(44)28(45)30(59-36)35(51)55-4)60-38-15-19(13-24(43)54-3)58-17(2)40(38,53)34(50)26-21(32(38)48)8-6-10-23(26)42/h5-10,16-19,27-30,36,41-42,44-46,52-53H,11-15H2,1-4H3/t16-,17-,18-,19-,27+,28+,29-,30+,36-,37+,38+,39+,40+/m0/s1. The Labute approximate surface area is 345 Å². The van der Waals surface area contributed by atoms with Crippen molar-refractivity contribution in [1.82, 2.24) is 0 Å². The van der Waals surface area contributed by atoms with Crippen molar-refractivity contribution >= 4 is 46.8 Å². The molecule has 3 aliphatic heterocycles. The van der Waals surface area contributed by atoms with Crippen molar-refractivity contribution in [2.75, 3.05) is 20.8 Å². The van der Waals surface area contributed by atoms with Crippen LogP contribution in [0.4, 0.5) is 0 Å². The first-order valence-corrected chi connectivity index (χ1v) is 19.8. The number of hydrogen-bond donors (Lipinski definition) is 7. The van der Waals surface area contributed by atoms with E-state index in [9.17, 15) is 54.9 Å². The highest BCUT2D eigenvalue weighted by Gasteiger charge is 2.78. The summed E-state index contributed by atoms with van der Waals surface area (Å²) in [5.41, 5.74) is -7.66. The molecular weight excluding hydrogens is 816 g/mol. The fraction of sp³-hybridized carbons (Fsp3) is 0.550. The molecule has 2 aromatic carbocycles. The van der Waals surface area contributed by atoms with E-state index >= 15 is 9.59 Å². The van der Waals surface area contributed by atoms with Gasteiger partial charge in [0.25, 0.3) is 0 Å². The number of phenolic OH excluding ortho intramolecular Hbond substituents is 2. The van der Waals surface area contributed by atoms with E-state index in [2.05, 4.69) is 4.74 Å². The number of fused-ring (bicyclic) bond motifs is 4. The number of methoxy groups -OCH3 is 2. The molecule has 7 rings (SSSR count). The van der Waals surface area contributed by atoms with E-state index < -0.39 is 159 Å². The van der Waals surface area contributed by atoms with Crippen molar-refractivity contribution < 1.29 is 92.9 Å². The third kappa shape index (κ3) is 6.14. The van der Waals surface area contributed by atoms with Crippen molar-refractivity contribution in [2.45, 2.75) is 115 Å². The van der Waals surface area contributed by atoms with Crippen LogP contribution in [0.3, 0.4) is 0 Å². The number of hydrogen-bond acceptors (Lipinski definition) is 20. The van der Waals surface area contributed by atoms with Gasteiger partial charge in [-0.1, -0.05) is 24.3 Å². The second-order valence-corrected chi connectivity index (χ2v) is 17.2. The number of aromatic hydroxyl groups is 2. The Morgan fingerprint density at radius 2 is 1.22 bits per heavy atom. The summed E-state index contributed by atoms with van der Waals surface area (Å²) in [5.74, 6) is -7.49. The molecule has 2 aromatic rings. The predicted molar refractivity (Wildman–Crippen MR) is 200 cm³/mol. The average Bonchev–Trinajstić information content (AvgIpc) is 3.21. The molecule has 7 N–H and O–H groups in total. The normalized spacial score (nSPS) is 38.6. The van der Waals surface area contributed by atoms with Crippen molar-refractivity contribution in [1.29, 1.82) is 0 Å². The lowest BCUT2D eigenvalue weighted by atomic mass is 9.63. The molecule has 0 radical (unpaired) electrons. The molecule has 60 heavy (non-hydrogen) atoms. The molecule has 0 saturated carbocycles. The molecular formula is C40H44O19S. The predicted octanol–water partition coefficient (Wildman–Crippen LogP) is -0.466. The van der Waals surface area contributed by atoms with E-state index in [1.807, 2.05) is 0 Å². The first-order valence-electron chi connectivity index (χ1n) is 19.0. The number of aliphatic hydroxyl groups is 5. The third-order valence-electron chi connectivity index (χ3n) is 12.4. The minimum Gasteiger partial charge on any atom is -0.507 e. The maximum absolute atomic E-state index is 15.3. The zero-order valence-electron chi connectivity index (χ0n) is 32.6. The molecule has 2 aliphatic carbocycles. The van der Waals surface area contributed by atoms with Crippen LogP contribution in [0.1, 0.15) is 81.0 Å². The van der Waals surface area contributed by atoms with Crippen molar-refractivity contribution in [3.05, 3.63) is 58.7 Å². The number of ether oxygens (including phenoxy) is 6. The van der Waals surface area contributed by atoms with E-state index in [1.54, 1.807) is 0 Å². The Hall–Kier alpha value is -4.35. The summed E-state index contributed by atoms with van der Waals surface area (Å²) in [7, 11) is 2.12. The maximum Gasteiger partial charge on any atom is 0.337 e. The number of ketones is 4. The van der Waals surface area contributed by atoms with Crippen LogP contribution in [0.25, 0.3) is 0 Å². The summed E-state index contributed by atoms with van der Waals surface area (Å²) in [6, 6.07) is 7.29. The lowest BCUT2D eigenvalue weighted by Crippen LogP contribution is -2.79. The number of Topliss-reactive ketones (excluding diaryl/α,β-unsaturated/α-hetero) is 4. The Morgan fingerprint density at radius 3 is 1.72 bits per heavy atom. The zero-order valence-corrected chi connectivity index (χ0v) is 33.5. The lowest BCUT2D eigenvalue weighted by Gasteiger charge is -2.61. The van der Waals surface area contributed by atoms with E-state index in [0.717, 1.165) is 26.4 Å². The van der Waals surface area contributed by atoms with Crippen LogP contribution in [0.15, 0.2) is 36.4 Å². The molecule has 3 saturated heterocycles. The van der Waals surface area contributed by atoms with Gasteiger partial charge in [0.2, 0.25) is 11.6 Å². The van der Waals surface area contributed by atoms with Crippen molar-refractivity contribution in [2.24, 2.45) is 0 Å². The van der Waals surface area contributed by atoms with Gasteiger partial charge in [0, 0.05) is 11.1 Å². The molecule has 0 amide bonds. The number of carbonyl (C=O) groups is 6. The Bertz CT molecular complexity index is 2140. The van der Waals surface area contributed by atoms with Gasteiger partial charge in [-0.2, -0.15) is 0 Å². The number of benzene rings is 2. The number of aliphatic hydroxyl groups excluding tert-OH is 3. The second-order valence-electron chi connectivity index (χ2n) is 15.6. The van der Waals surface area contributed by atoms with E-state index in [0.29, 0.717) is 11.8 Å². The number of esters is 2. The highest BCUT2D eigenvalue weighted by Crippen LogP contribution is 2.64. The average molecular weight is 861 g/mol. The van der Waals surface area contributed by atoms with Gasteiger partial charge in [-0.25, -0.2) is 4.79 Å². The summed E-state index contributed by atoms with van der Waals surface area (Å²) in [5, 5.41) is 78.9. The summed E-state index contributed by atoms with van der Waals surface area (Å²) < 4.78 is 27.6. The summed E-state index contributed by atoms with van der Waals surface area (Å²) in [4.78, 5) is 84.9. The highest BCUT2D eigenvalue weighted by atomic mass is 32.2. The van der Waals surface area contributed by atoms with Crippen LogP contribution in [0.2, 0.25) is 0 Å². The molecule has 324 valence electrons. The molecule has 19 nitrogen and oxygen atoms in total. The van der Waals surface area contributed by atoms with E-state index in [4.69, 9.17) is 23.7 Å². The van der Waals surface area contributed by atoms with Crippen LogP contribution >= 0.6 is 11.8 Å². The van der Waals surface area contributed by atoms with Gasteiger partial charge in [-0.05, 0) is 45.2 Å². The number of phenols is 2. The van der Waals surface area contributed by atoms with Crippen LogP contribution in [-0.4, -0.2) is 167 Å². The molecule has 0 spiro atoms. The monoisotopic (exact) mass is 860 g/mol. The molecule has 13 atom stereocenters. The largest absolute Gasteiger partial charge is 0.507 e. The molecule has 5 aliphatic rings. The molecule has 0 aromatic heterocycles. The van der Waals surface area contributed by atoms with Crippen molar-refractivity contribution in [3.8, 4) is 11.5 Å². The summed E-state index contributed by atoms with van der Waals surface area (Å²) >= 11 is 0.349. The zero-order chi connectivity index (χ0) is 43.9. The SMILES string of the molecule is COC(=O)C[C@H]1C[C@@]2(S[C@@]34C[C@H](CCO[C@H]5O[C@@H](C(=O)OC)[C@H](O)[C@@H](O)[C@@H]5O)O[C@@H](C)[C@@]3(O)C(=O)c3c(O)cccc3C4=O)C(=O)c3cccc(O)c3C(=O)[C@]2(O)[C@H](C)O1. The van der Waals surface area contributed by atoms with Gasteiger partial charge in [0.15, 0.2) is 35.2 Å². The molecule has 0 bridgehead atoms. The van der Waals surface area contributed by atoms with Gasteiger partial charge in [-0.15, -0.1) is 11.8 Å². The molecule has 0 unspecified atom stereocenters. The van der Waals surface area contributed by atoms with Crippen LogP contribution < -0.4 is 0 Å². The third-order valence-corrected chi connectivity index (χ3v) is 14.4. The minimum absolute atomic E-state index is 0.226. The summed E-state index contributed by atoms with van der Waals surface area (Å²) in [6.45, 7) is 2.11. The Morgan fingerprint density at radius 1 is 0.717 bits per heavy atom. The highest BCUT2D eigenvalue weighted by molar-refractivity contribution is 8.03. The lowest BCUT2D eigenvalue weighted by molar-refractivity contribution is -0.296. The quantitative estimate of drug-likeness (QED) is 0.157. The first-order chi connectivity index (χ1) is 28.2. The van der Waals surface area contributed by atoms with Crippen molar-refractivity contribution in [3.63, 3.8) is 0 Å². The molecule has 3 fully saturated rings. The fourth-order valence-electron chi connectivity index (χ4n) is 9.30. The molecule has 3 heterocycles.